The minimum absolute atomic E-state index is 0.369. The normalized spacial score (nSPS) is 20.1. The Hall–Kier alpha value is -0.190. The second-order valence-corrected chi connectivity index (χ2v) is 2.12. The summed E-state index contributed by atoms with van der Waals surface area (Å²) in [6.07, 6.45) is -3.44. The van der Waals surface area contributed by atoms with Crippen molar-refractivity contribution in [3.8, 4) is 0 Å². The Morgan fingerprint density at radius 2 is 2.10 bits per heavy atom. The van der Waals surface area contributed by atoms with Crippen molar-refractivity contribution >= 4 is 0 Å². The Balaban J connectivity index is 3.76. The molecule has 0 bridgehead atoms. The average Bonchev–Trinajstić information content (AvgIpc) is 1.90. The Labute approximate surface area is 59.4 Å². The minimum atomic E-state index is -1.38. The van der Waals surface area contributed by atoms with Crippen molar-refractivity contribution in [2.75, 3.05) is 13.7 Å². The lowest BCUT2D eigenvalue weighted by Gasteiger charge is -2.19. The van der Waals surface area contributed by atoms with Gasteiger partial charge >= 0.3 is 0 Å². The summed E-state index contributed by atoms with van der Waals surface area (Å²) >= 11 is 0. The third kappa shape index (κ3) is 2.60. The molecule has 0 aromatic rings. The molecule has 0 aliphatic heterocycles. The maximum atomic E-state index is 12.3. The van der Waals surface area contributed by atoms with E-state index in [0.717, 1.165) is 0 Å². The van der Waals surface area contributed by atoms with E-state index in [4.69, 9.17) is 10.2 Å². The molecule has 62 valence electrons. The van der Waals surface area contributed by atoms with E-state index >= 15 is 0 Å². The summed E-state index contributed by atoms with van der Waals surface area (Å²) in [5.74, 6) is 0. The van der Waals surface area contributed by atoms with E-state index < -0.39 is 18.4 Å². The minimum Gasteiger partial charge on any atom is -0.394 e. The van der Waals surface area contributed by atoms with Crippen molar-refractivity contribution in [3.05, 3.63) is 0 Å². The number of hydrogen-bond donors (Lipinski definition) is 2. The zero-order valence-corrected chi connectivity index (χ0v) is 6.12. The highest BCUT2D eigenvalue weighted by molar-refractivity contribution is 4.72. The Bertz CT molecular complexity index is 83.1. The number of alkyl halides is 1. The Kier molecular flexibility index (Phi) is 4.51. The predicted octanol–water partition coefficient (Wildman–Crippen LogP) is -0.287. The molecule has 3 unspecified atom stereocenters. The molecule has 0 aromatic heterocycles. The fourth-order valence-electron chi connectivity index (χ4n) is 0.618. The van der Waals surface area contributed by atoms with Crippen LogP contribution in [0.25, 0.3) is 0 Å². The molecule has 3 atom stereocenters. The topological polar surface area (TPSA) is 49.7 Å². The fraction of sp³-hybridized carbons (Fsp3) is 1.00. The van der Waals surface area contributed by atoms with Crippen LogP contribution in [0.4, 0.5) is 4.39 Å². The number of halogens is 1. The van der Waals surface area contributed by atoms with Crippen LogP contribution in [0.1, 0.15) is 6.92 Å². The number of ether oxygens (including phenoxy) is 1. The van der Waals surface area contributed by atoms with E-state index in [1.54, 1.807) is 0 Å². The molecule has 0 radical (unpaired) electrons. The van der Waals surface area contributed by atoms with Crippen LogP contribution in [0, 0.1) is 0 Å². The van der Waals surface area contributed by atoms with Crippen molar-refractivity contribution in [1.29, 1.82) is 0 Å². The number of rotatable bonds is 4. The molecule has 0 spiro atoms. The van der Waals surface area contributed by atoms with Gasteiger partial charge in [0.15, 0.2) is 0 Å². The van der Waals surface area contributed by atoms with Crippen molar-refractivity contribution in [2.24, 2.45) is 0 Å². The molecule has 2 N–H and O–H groups in total. The van der Waals surface area contributed by atoms with E-state index in [0.29, 0.717) is 0 Å². The molecule has 10 heavy (non-hydrogen) atoms. The second kappa shape index (κ2) is 4.60. The first-order chi connectivity index (χ1) is 4.63. The summed E-state index contributed by atoms with van der Waals surface area (Å²) in [6, 6.07) is 0. The molecule has 0 fully saturated rings. The summed E-state index contributed by atoms with van der Waals surface area (Å²) < 4.78 is 16.9. The van der Waals surface area contributed by atoms with Gasteiger partial charge in [0.1, 0.15) is 18.4 Å². The van der Waals surface area contributed by atoms with Crippen LogP contribution in [0.2, 0.25) is 0 Å². The lowest BCUT2D eigenvalue weighted by atomic mass is 10.1. The molecular formula is C6H13FO3. The van der Waals surface area contributed by atoms with Gasteiger partial charge in [-0.25, -0.2) is 4.39 Å². The molecule has 0 saturated heterocycles. The zero-order chi connectivity index (χ0) is 8.15. The molecule has 0 saturated carbocycles. The van der Waals surface area contributed by atoms with Gasteiger partial charge in [0.25, 0.3) is 0 Å². The van der Waals surface area contributed by atoms with E-state index in [2.05, 4.69) is 4.74 Å². The van der Waals surface area contributed by atoms with Crippen LogP contribution in [-0.4, -0.2) is 42.3 Å². The monoisotopic (exact) mass is 152 g/mol. The number of hydrogen-bond acceptors (Lipinski definition) is 3. The van der Waals surface area contributed by atoms with Gasteiger partial charge in [0, 0.05) is 7.11 Å². The first-order valence-corrected chi connectivity index (χ1v) is 3.09. The first kappa shape index (κ1) is 9.81. The van der Waals surface area contributed by atoms with E-state index in [9.17, 15) is 4.39 Å². The largest absolute Gasteiger partial charge is 0.394 e. The average molecular weight is 152 g/mol. The summed E-state index contributed by atoms with van der Waals surface area (Å²) in [6.45, 7) is 0.846. The molecule has 4 heteroatoms. The molecule has 0 heterocycles. The third-order valence-electron chi connectivity index (χ3n) is 1.33. The molecule has 0 rings (SSSR count). The van der Waals surface area contributed by atoms with Crippen molar-refractivity contribution in [1.82, 2.24) is 0 Å². The van der Waals surface area contributed by atoms with Crippen LogP contribution in [0.15, 0.2) is 0 Å². The van der Waals surface area contributed by atoms with Gasteiger partial charge in [-0.1, -0.05) is 0 Å². The van der Waals surface area contributed by atoms with Crippen LogP contribution in [0.5, 0.6) is 0 Å². The first-order valence-electron chi connectivity index (χ1n) is 3.09. The van der Waals surface area contributed by atoms with Crippen LogP contribution < -0.4 is 0 Å². The van der Waals surface area contributed by atoms with Crippen molar-refractivity contribution in [3.63, 3.8) is 0 Å². The highest BCUT2D eigenvalue weighted by atomic mass is 19.1. The molecule has 0 amide bonds. The maximum Gasteiger partial charge on any atom is 0.126 e. The molecule has 0 aromatic carbocycles. The van der Waals surface area contributed by atoms with Crippen molar-refractivity contribution in [2.45, 2.75) is 25.3 Å². The van der Waals surface area contributed by atoms with E-state index in [1.807, 2.05) is 0 Å². The number of aliphatic hydroxyl groups is 2. The van der Waals surface area contributed by atoms with E-state index in [-0.39, 0.29) is 6.61 Å². The lowest BCUT2D eigenvalue weighted by Crippen LogP contribution is -2.37. The summed E-state index contributed by atoms with van der Waals surface area (Å²) in [4.78, 5) is 0. The van der Waals surface area contributed by atoms with Crippen LogP contribution in [0.3, 0.4) is 0 Å². The molecule has 0 aliphatic carbocycles. The van der Waals surface area contributed by atoms with Crippen LogP contribution >= 0.6 is 0 Å². The lowest BCUT2D eigenvalue weighted by molar-refractivity contribution is -0.0682. The SMILES string of the molecule is COC(CO)C(O)C(C)F. The zero-order valence-electron chi connectivity index (χ0n) is 6.12. The van der Waals surface area contributed by atoms with Gasteiger partial charge in [-0.05, 0) is 6.92 Å². The Morgan fingerprint density at radius 1 is 1.60 bits per heavy atom. The van der Waals surface area contributed by atoms with E-state index in [1.165, 1.54) is 14.0 Å². The van der Waals surface area contributed by atoms with Crippen LogP contribution in [-0.2, 0) is 4.74 Å². The van der Waals surface area contributed by atoms with Gasteiger partial charge in [0.2, 0.25) is 0 Å². The third-order valence-corrected chi connectivity index (χ3v) is 1.33. The van der Waals surface area contributed by atoms with Gasteiger partial charge in [-0.15, -0.1) is 0 Å². The summed E-state index contributed by atoms with van der Waals surface area (Å²) in [7, 11) is 1.31. The highest BCUT2D eigenvalue weighted by Crippen LogP contribution is 2.05. The number of aliphatic hydroxyl groups excluding tert-OH is 2. The Morgan fingerprint density at radius 3 is 2.20 bits per heavy atom. The van der Waals surface area contributed by atoms with Gasteiger partial charge in [-0.3, -0.25) is 0 Å². The van der Waals surface area contributed by atoms with Gasteiger partial charge in [-0.2, -0.15) is 0 Å². The molecular weight excluding hydrogens is 139 g/mol. The smallest absolute Gasteiger partial charge is 0.126 e. The maximum absolute atomic E-state index is 12.3. The second-order valence-electron chi connectivity index (χ2n) is 2.12. The standard InChI is InChI=1S/C6H13FO3/c1-4(7)6(9)5(3-8)10-2/h4-6,8-9H,3H2,1-2H3. The quantitative estimate of drug-likeness (QED) is 0.582. The summed E-state index contributed by atoms with van der Waals surface area (Å²) in [5.41, 5.74) is 0. The fourth-order valence-corrected chi connectivity index (χ4v) is 0.618. The van der Waals surface area contributed by atoms with Gasteiger partial charge in [0.05, 0.1) is 6.61 Å². The predicted molar refractivity (Wildman–Crippen MR) is 34.5 cm³/mol. The highest BCUT2D eigenvalue weighted by Gasteiger charge is 2.23. The summed E-state index contributed by atoms with van der Waals surface area (Å²) in [5, 5.41) is 17.4. The van der Waals surface area contributed by atoms with Gasteiger partial charge < -0.3 is 14.9 Å². The molecule has 0 aliphatic rings. The number of methoxy groups -OCH3 is 1. The molecule has 3 nitrogen and oxygen atoms in total. The van der Waals surface area contributed by atoms with Crippen molar-refractivity contribution < 1.29 is 19.3 Å².